The van der Waals surface area contributed by atoms with E-state index in [0.29, 0.717) is 5.69 Å². The van der Waals surface area contributed by atoms with Gasteiger partial charge in [-0.05, 0) is 57.9 Å². The van der Waals surface area contributed by atoms with E-state index >= 15 is 0 Å². The van der Waals surface area contributed by atoms with E-state index in [4.69, 9.17) is 9.47 Å². The number of anilines is 1. The highest BCUT2D eigenvalue weighted by atomic mass is 16.6. The number of esters is 1. The second-order valence-electron chi connectivity index (χ2n) is 7.80. The van der Waals surface area contributed by atoms with Gasteiger partial charge in [0.05, 0.1) is 11.6 Å². The number of benzene rings is 1. The van der Waals surface area contributed by atoms with Crippen molar-refractivity contribution in [3.05, 3.63) is 29.8 Å². The third-order valence-electron chi connectivity index (χ3n) is 3.89. The molecule has 0 aliphatic rings. The van der Waals surface area contributed by atoms with Crippen molar-refractivity contribution in [2.45, 2.75) is 52.7 Å². The fraction of sp³-hybridized carbons (Fsp3) is 0.500. The Bertz CT molecular complexity index is 760. The van der Waals surface area contributed by atoms with Crippen molar-refractivity contribution < 1.29 is 23.9 Å². The topological polar surface area (TPSA) is 118 Å². The average molecular weight is 389 g/mol. The maximum Gasteiger partial charge on any atom is 0.412 e. The van der Waals surface area contributed by atoms with Crippen LogP contribution in [-0.2, 0) is 14.3 Å². The number of nitriles is 1. The second-order valence-corrected chi connectivity index (χ2v) is 7.80. The fourth-order valence-electron chi connectivity index (χ4n) is 1.95. The zero-order valence-electron chi connectivity index (χ0n) is 17.1. The van der Waals surface area contributed by atoms with E-state index in [1.165, 1.54) is 24.3 Å². The largest absolute Gasteiger partial charge is 0.452 e. The van der Waals surface area contributed by atoms with Crippen molar-refractivity contribution in [3.8, 4) is 6.07 Å². The van der Waals surface area contributed by atoms with Crippen LogP contribution in [0.3, 0.4) is 0 Å². The molecule has 28 heavy (non-hydrogen) atoms. The van der Waals surface area contributed by atoms with Gasteiger partial charge in [-0.2, -0.15) is 5.26 Å². The minimum atomic E-state index is -1.04. The molecule has 1 rings (SSSR count). The molecule has 1 aromatic carbocycles. The first-order chi connectivity index (χ1) is 12.9. The summed E-state index contributed by atoms with van der Waals surface area (Å²) < 4.78 is 10.1. The number of amides is 2. The summed E-state index contributed by atoms with van der Waals surface area (Å²) in [6.45, 7) is 9.98. The van der Waals surface area contributed by atoms with Crippen LogP contribution < -0.4 is 10.6 Å². The number of hydrogen-bond donors (Lipinski definition) is 2. The van der Waals surface area contributed by atoms with Gasteiger partial charge in [0.25, 0.3) is 5.91 Å². The van der Waals surface area contributed by atoms with Gasteiger partial charge in [-0.1, -0.05) is 13.8 Å². The lowest BCUT2D eigenvalue weighted by atomic mass is 9.90. The lowest BCUT2D eigenvalue weighted by Gasteiger charge is -2.27. The van der Waals surface area contributed by atoms with Gasteiger partial charge in [0.2, 0.25) is 0 Å². The SMILES string of the molecule is CC(C)[C@](C)(C#N)NC(=O)COC(=O)c1ccc(NC(=O)OC(C)(C)C)cc1. The van der Waals surface area contributed by atoms with Crippen LogP contribution in [0.15, 0.2) is 24.3 Å². The standard InChI is InChI=1S/C20H27N3O5/c1-13(2)20(6,12-21)23-16(24)11-27-17(25)14-7-9-15(10-8-14)22-18(26)28-19(3,4)5/h7-10,13H,11H2,1-6H3,(H,22,26)(H,23,24)/t20-/m0/s1. The molecule has 0 aromatic heterocycles. The molecule has 1 aromatic rings. The molecule has 0 saturated carbocycles. The molecule has 8 nitrogen and oxygen atoms in total. The molecule has 0 saturated heterocycles. The number of carbonyl (C=O) groups excluding carboxylic acids is 3. The maximum atomic E-state index is 12.1. The molecule has 8 heteroatoms. The average Bonchev–Trinajstić information content (AvgIpc) is 2.58. The summed E-state index contributed by atoms with van der Waals surface area (Å²) in [5.74, 6) is -1.36. The van der Waals surface area contributed by atoms with E-state index in [1.807, 2.05) is 19.9 Å². The molecular formula is C20H27N3O5. The number of rotatable bonds is 6. The minimum Gasteiger partial charge on any atom is -0.452 e. The van der Waals surface area contributed by atoms with Gasteiger partial charge in [-0.15, -0.1) is 0 Å². The van der Waals surface area contributed by atoms with Gasteiger partial charge in [-0.3, -0.25) is 10.1 Å². The van der Waals surface area contributed by atoms with Gasteiger partial charge < -0.3 is 14.8 Å². The molecule has 0 bridgehead atoms. The number of nitrogens with one attached hydrogen (secondary N) is 2. The van der Waals surface area contributed by atoms with Crippen molar-refractivity contribution >= 4 is 23.7 Å². The number of hydrogen-bond acceptors (Lipinski definition) is 6. The van der Waals surface area contributed by atoms with Crippen LogP contribution in [0.1, 0.15) is 51.9 Å². The molecule has 152 valence electrons. The molecule has 0 aliphatic heterocycles. The van der Waals surface area contributed by atoms with Crippen molar-refractivity contribution in [1.29, 1.82) is 5.26 Å². The molecule has 0 fully saturated rings. The smallest absolute Gasteiger partial charge is 0.412 e. The number of carbonyl (C=O) groups is 3. The van der Waals surface area contributed by atoms with Crippen LogP contribution in [0.5, 0.6) is 0 Å². The Hall–Kier alpha value is -3.08. The molecule has 2 amide bonds. The molecule has 0 spiro atoms. The fourth-order valence-corrected chi connectivity index (χ4v) is 1.95. The number of ether oxygens (including phenoxy) is 2. The van der Waals surface area contributed by atoms with E-state index in [9.17, 15) is 19.6 Å². The summed E-state index contributed by atoms with van der Waals surface area (Å²) in [4.78, 5) is 35.7. The van der Waals surface area contributed by atoms with Crippen LogP contribution in [0, 0.1) is 17.2 Å². The Morgan fingerprint density at radius 3 is 2.14 bits per heavy atom. The van der Waals surface area contributed by atoms with Gasteiger partial charge in [-0.25, -0.2) is 9.59 Å². The first kappa shape index (κ1) is 23.0. The highest BCUT2D eigenvalue weighted by Crippen LogP contribution is 2.15. The summed E-state index contributed by atoms with van der Waals surface area (Å²) in [6.07, 6.45) is -0.606. The van der Waals surface area contributed by atoms with E-state index in [0.717, 1.165) is 0 Å². The van der Waals surface area contributed by atoms with Crippen LogP contribution in [0.4, 0.5) is 10.5 Å². The van der Waals surface area contributed by atoms with E-state index in [-0.39, 0.29) is 11.5 Å². The Kier molecular flexibility index (Phi) is 7.56. The summed E-state index contributed by atoms with van der Waals surface area (Å²) in [7, 11) is 0. The van der Waals surface area contributed by atoms with E-state index in [2.05, 4.69) is 10.6 Å². The molecule has 0 unspecified atom stereocenters. The normalized spacial score (nSPS) is 13.1. The lowest BCUT2D eigenvalue weighted by Crippen LogP contribution is -2.50. The zero-order valence-corrected chi connectivity index (χ0v) is 17.1. The zero-order chi connectivity index (χ0) is 21.5. The Labute approximate surface area is 165 Å². The predicted octanol–water partition coefficient (Wildman–Crippen LogP) is 3.24. The van der Waals surface area contributed by atoms with Crippen LogP contribution in [-0.4, -0.2) is 35.7 Å². The van der Waals surface area contributed by atoms with E-state index in [1.54, 1.807) is 27.7 Å². The Balaban J connectivity index is 2.59. The first-order valence-corrected chi connectivity index (χ1v) is 8.86. The second kappa shape index (κ2) is 9.22. The highest BCUT2D eigenvalue weighted by molar-refractivity contribution is 5.92. The monoisotopic (exact) mass is 389 g/mol. The predicted molar refractivity (Wildman–Crippen MR) is 104 cm³/mol. The van der Waals surface area contributed by atoms with Gasteiger partial charge in [0.1, 0.15) is 11.1 Å². The third kappa shape index (κ3) is 7.27. The summed E-state index contributed by atoms with van der Waals surface area (Å²) in [5.41, 5.74) is -0.996. The Morgan fingerprint density at radius 2 is 1.68 bits per heavy atom. The molecular weight excluding hydrogens is 362 g/mol. The minimum absolute atomic E-state index is 0.109. The van der Waals surface area contributed by atoms with Crippen molar-refractivity contribution in [1.82, 2.24) is 5.32 Å². The van der Waals surface area contributed by atoms with Crippen molar-refractivity contribution in [2.75, 3.05) is 11.9 Å². The van der Waals surface area contributed by atoms with Crippen LogP contribution in [0.2, 0.25) is 0 Å². The van der Waals surface area contributed by atoms with Gasteiger partial charge in [0, 0.05) is 5.69 Å². The maximum absolute atomic E-state index is 12.1. The molecule has 0 radical (unpaired) electrons. The molecule has 0 aliphatic carbocycles. The van der Waals surface area contributed by atoms with Crippen LogP contribution >= 0.6 is 0 Å². The van der Waals surface area contributed by atoms with Crippen molar-refractivity contribution in [3.63, 3.8) is 0 Å². The number of nitrogens with zero attached hydrogens (tertiary/aromatic N) is 1. The summed E-state index contributed by atoms with van der Waals surface area (Å²) in [5, 5.41) is 14.3. The van der Waals surface area contributed by atoms with Gasteiger partial charge in [0.15, 0.2) is 6.61 Å². The van der Waals surface area contributed by atoms with Crippen LogP contribution in [0.25, 0.3) is 0 Å². The molecule has 1 atom stereocenters. The summed E-state index contributed by atoms with van der Waals surface area (Å²) in [6, 6.07) is 8.00. The molecule has 2 N–H and O–H groups in total. The highest BCUT2D eigenvalue weighted by Gasteiger charge is 2.30. The van der Waals surface area contributed by atoms with Crippen molar-refractivity contribution in [2.24, 2.45) is 5.92 Å². The Morgan fingerprint density at radius 1 is 1.11 bits per heavy atom. The molecule has 0 heterocycles. The lowest BCUT2D eigenvalue weighted by molar-refractivity contribution is -0.125. The first-order valence-electron chi connectivity index (χ1n) is 8.86. The third-order valence-corrected chi connectivity index (χ3v) is 3.89. The van der Waals surface area contributed by atoms with Gasteiger partial charge >= 0.3 is 12.1 Å². The quantitative estimate of drug-likeness (QED) is 0.721. The summed E-state index contributed by atoms with van der Waals surface area (Å²) >= 11 is 0. The van der Waals surface area contributed by atoms with E-state index < -0.39 is 35.7 Å².